The van der Waals surface area contributed by atoms with Gasteiger partial charge in [0.25, 0.3) is 0 Å². The van der Waals surface area contributed by atoms with Crippen molar-refractivity contribution in [1.29, 1.82) is 0 Å². The monoisotopic (exact) mass is 560 g/mol. The van der Waals surface area contributed by atoms with Crippen LogP contribution in [0.1, 0.15) is 82.4 Å². The van der Waals surface area contributed by atoms with Gasteiger partial charge in [-0.15, -0.1) is 0 Å². The predicted molar refractivity (Wildman–Crippen MR) is 157 cm³/mol. The Balaban J connectivity index is 1.69. The van der Waals surface area contributed by atoms with E-state index in [1.807, 2.05) is 6.92 Å². The third-order valence-electron chi connectivity index (χ3n) is 8.14. The molecule has 1 saturated heterocycles. The molecule has 1 aliphatic heterocycles. The molecule has 0 unspecified atom stereocenters. The number of hydrogen-bond donors (Lipinski definition) is 0. The molecule has 6 rings (SSSR count). The third-order valence-corrected chi connectivity index (χ3v) is 8.42. The van der Waals surface area contributed by atoms with Crippen molar-refractivity contribution in [3.8, 4) is 16.9 Å². The lowest BCUT2D eigenvalue weighted by atomic mass is 9.95. The summed E-state index contributed by atoms with van der Waals surface area (Å²) in [6, 6.07) is 8.37. The van der Waals surface area contributed by atoms with Crippen LogP contribution in [0.5, 0.6) is 0 Å². The normalized spacial score (nSPS) is 19.6. The highest BCUT2D eigenvalue weighted by Gasteiger charge is 2.32. The second-order valence-corrected chi connectivity index (χ2v) is 12.1. The molecule has 2 aliphatic rings. The van der Waals surface area contributed by atoms with Gasteiger partial charge in [-0.25, -0.2) is 28.7 Å². The van der Waals surface area contributed by atoms with Crippen LogP contribution in [-0.2, 0) is 0 Å². The first kappa shape index (κ1) is 26.8. The van der Waals surface area contributed by atoms with Crippen LogP contribution in [0.4, 0.5) is 10.2 Å². The summed E-state index contributed by atoms with van der Waals surface area (Å²) in [5.74, 6) is 1.79. The molecule has 1 saturated carbocycles. The van der Waals surface area contributed by atoms with E-state index in [0.717, 1.165) is 43.7 Å². The molecule has 3 aromatic heterocycles. The van der Waals surface area contributed by atoms with E-state index in [1.165, 1.54) is 10.6 Å². The topological polar surface area (TPSA) is 76.8 Å². The molecule has 0 bridgehead atoms. The predicted octanol–water partition coefficient (Wildman–Crippen LogP) is 6.96. The van der Waals surface area contributed by atoms with Crippen LogP contribution in [0, 0.1) is 18.7 Å². The van der Waals surface area contributed by atoms with E-state index in [-0.39, 0.29) is 23.2 Å². The maximum absolute atomic E-state index is 15.0. The molecule has 4 aromatic rings. The standard InChI is InChI=1S/C31H34ClFN6O/c1-16(2)25-27(19(5)34-28(35-25)20-12-13-20)39-30-22(14-23(32)26(36-30)21-8-6-7-9-24(21)33)29(37-31(39)40)38-15-17(3)10-11-18(38)4/h6-9,14,16-18,20H,10-13,15H2,1-5H3/t17-,18-/m0/s1. The smallest absolute Gasteiger partial charge is 0.353 e. The quantitative estimate of drug-likeness (QED) is 0.262. The van der Waals surface area contributed by atoms with Crippen molar-refractivity contribution >= 4 is 28.5 Å². The zero-order chi connectivity index (χ0) is 28.3. The van der Waals surface area contributed by atoms with Gasteiger partial charge < -0.3 is 4.90 Å². The van der Waals surface area contributed by atoms with Crippen LogP contribution < -0.4 is 10.6 Å². The minimum absolute atomic E-state index is 0.0251. The van der Waals surface area contributed by atoms with E-state index < -0.39 is 11.5 Å². The Morgan fingerprint density at radius 3 is 2.48 bits per heavy atom. The van der Waals surface area contributed by atoms with Crippen LogP contribution in [0.2, 0.25) is 5.02 Å². The fourth-order valence-corrected chi connectivity index (χ4v) is 6.02. The summed E-state index contributed by atoms with van der Waals surface area (Å²) in [4.78, 5) is 35.6. The van der Waals surface area contributed by atoms with Crippen molar-refractivity contribution in [2.24, 2.45) is 5.92 Å². The zero-order valence-corrected chi connectivity index (χ0v) is 24.3. The number of anilines is 1. The summed E-state index contributed by atoms with van der Waals surface area (Å²) >= 11 is 6.81. The molecule has 40 heavy (non-hydrogen) atoms. The molecule has 9 heteroatoms. The van der Waals surface area contributed by atoms with Gasteiger partial charge >= 0.3 is 5.69 Å². The molecule has 7 nitrogen and oxygen atoms in total. The third kappa shape index (κ3) is 4.66. The van der Waals surface area contributed by atoms with Gasteiger partial charge in [-0.2, -0.15) is 4.98 Å². The molecule has 2 atom stereocenters. The number of rotatable bonds is 5. The fraction of sp³-hybridized carbons (Fsp3) is 0.452. The van der Waals surface area contributed by atoms with Gasteiger partial charge in [0.2, 0.25) is 0 Å². The number of pyridine rings is 1. The lowest BCUT2D eigenvalue weighted by Gasteiger charge is -2.38. The lowest BCUT2D eigenvalue weighted by Crippen LogP contribution is -2.43. The van der Waals surface area contributed by atoms with Crippen LogP contribution in [0.15, 0.2) is 35.1 Å². The average Bonchev–Trinajstić information content (AvgIpc) is 3.76. The van der Waals surface area contributed by atoms with Crippen molar-refractivity contribution < 1.29 is 4.39 Å². The number of halogens is 2. The first-order valence-electron chi connectivity index (χ1n) is 14.2. The van der Waals surface area contributed by atoms with Crippen LogP contribution in [-0.4, -0.2) is 37.1 Å². The highest BCUT2D eigenvalue weighted by atomic mass is 35.5. The Kier molecular flexibility index (Phi) is 6.85. The summed E-state index contributed by atoms with van der Waals surface area (Å²) in [5.41, 5.74) is 2.51. The Hall–Kier alpha value is -3.39. The molecular weight excluding hydrogens is 527 g/mol. The Morgan fingerprint density at radius 2 is 1.77 bits per heavy atom. The van der Waals surface area contributed by atoms with Crippen molar-refractivity contribution in [3.05, 3.63) is 68.9 Å². The van der Waals surface area contributed by atoms with Crippen LogP contribution >= 0.6 is 11.6 Å². The molecule has 2 fully saturated rings. The van der Waals surface area contributed by atoms with Gasteiger partial charge in [0.15, 0.2) is 5.65 Å². The zero-order valence-electron chi connectivity index (χ0n) is 23.6. The number of benzene rings is 1. The number of fused-ring (bicyclic) bond motifs is 1. The second-order valence-electron chi connectivity index (χ2n) is 11.7. The van der Waals surface area contributed by atoms with E-state index in [4.69, 9.17) is 26.6 Å². The summed E-state index contributed by atoms with van der Waals surface area (Å²) < 4.78 is 16.5. The van der Waals surface area contributed by atoms with Crippen molar-refractivity contribution in [3.63, 3.8) is 0 Å². The molecule has 0 spiro atoms. The minimum Gasteiger partial charge on any atom is -0.353 e. The van der Waals surface area contributed by atoms with E-state index in [1.54, 1.807) is 24.3 Å². The highest BCUT2D eigenvalue weighted by molar-refractivity contribution is 6.33. The Labute approximate surface area is 238 Å². The number of piperidine rings is 1. The second kappa shape index (κ2) is 10.2. The van der Waals surface area contributed by atoms with Gasteiger partial charge in [0.1, 0.15) is 17.5 Å². The molecular formula is C31H34ClFN6O. The van der Waals surface area contributed by atoms with Crippen LogP contribution in [0.3, 0.4) is 0 Å². The number of aryl methyl sites for hydroxylation is 1. The van der Waals surface area contributed by atoms with E-state index in [9.17, 15) is 9.18 Å². The van der Waals surface area contributed by atoms with E-state index >= 15 is 0 Å². The number of hydrogen-bond acceptors (Lipinski definition) is 6. The molecule has 1 aliphatic carbocycles. The van der Waals surface area contributed by atoms with Crippen LogP contribution in [0.25, 0.3) is 28.0 Å². The fourth-order valence-electron chi connectivity index (χ4n) is 5.77. The minimum atomic E-state index is -0.463. The first-order chi connectivity index (χ1) is 19.1. The van der Waals surface area contributed by atoms with Crippen molar-refractivity contribution in [2.45, 2.75) is 78.2 Å². The van der Waals surface area contributed by atoms with Crippen molar-refractivity contribution in [2.75, 3.05) is 11.4 Å². The highest BCUT2D eigenvalue weighted by Crippen LogP contribution is 2.40. The molecule has 0 N–H and O–H groups in total. The van der Waals surface area contributed by atoms with Gasteiger partial charge in [-0.3, -0.25) is 0 Å². The molecule has 0 radical (unpaired) electrons. The van der Waals surface area contributed by atoms with E-state index in [0.29, 0.717) is 45.1 Å². The van der Waals surface area contributed by atoms with Gasteiger partial charge in [0.05, 0.1) is 33.2 Å². The summed E-state index contributed by atoms with van der Waals surface area (Å²) in [7, 11) is 0. The molecule has 4 heterocycles. The maximum atomic E-state index is 15.0. The Morgan fingerprint density at radius 1 is 1.02 bits per heavy atom. The molecule has 1 aromatic carbocycles. The number of aromatic nitrogens is 5. The Bertz CT molecular complexity index is 1680. The first-order valence-corrected chi connectivity index (χ1v) is 14.6. The van der Waals surface area contributed by atoms with Gasteiger partial charge in [0, 0.05) is 24.1 Å². The maximum Gasteiger partial charge on any atom is 0.355 e. The van der Waals surface area contributed by atoms with Crippen molar-refractivity contribution in [1.82, 2.24) is 24.5 Å². The number of nitrogens with zero attached hydrogens (tertiary/aromatic N) is 6. The summed E-state index contributed by atoms with van der Waals surface area (Å²) in [5, 5.41) is 0.940. The largest absolute Gasteiger partial charge is 0.355 e. The van der Waals surface area contributed by atoms with Gasteiger partial charge in [-0.05, 0) is 69.6 Å². The SMILES string of the molecule is Cc1nc(C2CC2)nc(C(C)C)c1-n1c(=O)nc(N2C[C@@H](C)CC[C@@H]2C)c2cc(Cl)c(-c3ccccc3F)nc21. The summed E-state index contributed by atoms with van der Waals surface area (Å²) in [6.45, 7) is 11.2. The average molecular weight is 561 g/mol. The van der Waals surface area contributed by atoms with Gasteiger partial charge in [-0.1, -0.05) is 44.5 Å². The molecule has 0 amide bonds. The lowest BCUT2D eigenvalue weighted by molar-refractivity contribution is 0.388. The summed E-state index contributed by atoms with van der Waals surface area (Å²) in [6.07, 6.45) is 4.27. The molecule has 208 valence electrons. The van der Waals surface area contributed by atoms with E-state index in [2.05, 4.69) is 37.6 Å².